The summed E-state index contributed by atoms with van der Waals surface area (Å²) in [5.41, 5.74) is -0.892. The molecular formula is C25H25ClF3NO5S. The van der Waals surface area contributed by atoms with Crippen LogP contribution in [0.25, 0.3) is 0 Å². The molecule has 2 unspecified atom stereocenters. The van der Waals surface area contributed by atoms with Crippen LogP contribution in [0.1, 0.15) is 49.9 Å². The van der Waals surface area contributed by atoms with E-state index in [0.29, 0.717) is 31.6 Å². The number of carbonyl (C=O) groups is 1. The second-order valence-electron chi connectivity index (χ2n) is 10.3. The van der Waals surface area contributed by atoms with E-state index in [1.165, 1.54) is 18.2 Å². The largest absolute Gasteiger partial charge is 0.347 e. The van der Waals surface area contributed by atoms with Gasteiger partial charge >= 0.3 is 0 Å². The van der Waals surface area contributed by atoms with Crippen LogP contribution in [-0.2, 0) is 19.3 Å². The molecule has 2 atom stereocenters. The summed E-state index contributed by atoms with van der Waals surface area (Å²) in [7, 11) is -3.93. The lowest BCUT2D eigenvalue weighted by Crippen LogP contribution is -2.48. The van der Waals surface area contributed by atoms with E-state index in [1.807, 2.05) is 13.8 Å². The number of hydrogen-bond acceptors (Lipinski definition) is 5. The van der Waals surface area contributed by atoms with E-state index >= 15 is 0 Å². The molecule has 1 heterocycles. The first-order chi connectivity index (χ1) is 16.8. The van der Waals surface area contributed by atoms with Crippen molar-refractivity contribution in [2.45, 2.75) is 61.1 Å². The lowest BCUT2D eigenvalue weighted by atomic mass is 9.77. The topological polar surface area (TPSA) is 81.7 Å². The van der Waals surface area contributed by atoms with Gasteiger partial charge in [0.15, 0.2) is 33.1 Å². The lowest BCUT2D eigenvalue weighted by Gasteiger charge is -2.41. The number of rotatable bonds is 4. The second kappa shape index (κ2) is 8.72. The predicted octanol–water partition coefficient (Wildman–Crippen LogP) is 5.49. The van der Waals surface area contributed by atoms with Gasteiger partial charge in [0.25, 0.3) is 5.91 Å². The van der Waals surface area contributed by atoms with Gasteiger partial charge in [-0.05, 0) is 69.6 Å². The van der Waals surface area contributed by atoms with Crippen LogP contribution in [0, 0.1) is 29.3 Å². The van der Waals surface area contributed by atoms with Gasteiger partial charge in [-0.1, -0.05) is 11.6 Å². The minimum Gasteiger partial charge on any atom is -0.347 e. The van der Waals surface area contributed by atoms with Gasteiger partial charge in [0.2, 0.25) is 0 Å². The molecular weight excluding hydrogens is 519 g/mol. The third-order valence-electron chi connectivity index (χ3n) is 7.35. The number of hydrogen-bond donors (Lipinski definition) is 1. The average Bonchev–Trinajstić information content (AvgIpc) is 3.25. The maximum absolute atomic E-state index is 13.8. The molecule has 11 heteroatoms. The molecule has 0 radical (unpaired) electrons. The molecule has 2 bridgehead atoms. The van der Waals surface area contributed by atoms with Crippen LogP contribution < -0.4 is 5.32 Å². The van der Waals surface area contributed by atoms with Gasteiger partial charge in [-0.25, -0.2) is 21.6 Å². The summed E-state index contributed by atoms with van der Waals surface area (Å²) in [6, 6.07) is 5.05. The fourth-order valence-corrected chi connectivity index (χ4v) is 8.89. The number of carbonyl (C=O) groups excluding carboxylic acids is 1. The van der Waals surface area contributed by atoms with Crippen molar-refractivity contribution in [1.29, 1.82) is 0 Å². The molecule has 36 heavy (non-hydrogen) atoms. The van der Waals surface area contributed by atoms with Crippen LogP contribution in [0.2, 0.25) is 5.02 Å². The number of benzene rings is 2. The van der Waals surface area contributed by atoms with Crippen LogP contribution in [0.3, 0.4) is 0 Å². The Morgan fingerprint density at radius 1 is 1.06 bits per heavy atom. The zero-order valence-electron chi connectivity index (χ0n) is 19.6. The summed E-state index contributed by atoms with van der Waals surface area (Å²) in [6.45, 7) is 4.11. The van der Waals surface area contributed by atoms with Crippen molar-refractivity contribution in [2.24, 2.45) is 11.8 Å². The lowest BCUT2D eigenvalue weighted by molar-refractivity contribution is -0.171. The summed E-state index contributed by atoms with van der Waals surface area (Å²) in [5.74, 6) is -6.42. The molecule has 1 spiro atoms. The number of sulfone groups is 1. The van der Waals surface area contributed by atoms with Gasteiger partial charge in [-0.15, -0.1) is 0 Å². The Labute approximate surface area is 212 Å². The van der Waals surface area contributed by atoms with E-state index in [9.17, 15) is 26.4 Å². The highest BCUT2D eigenvalue weighted by molar-refractivity contribution is 7.92. The quantitative estimate of drug-likeness (QED) is 0.515. The maximum atomic E-state index is 13.8. The second-order valence-corrected chi connectivity index (χ2v) is 12.8. The zero-order valence-corrected chi connectivity index (χ0v) is 21.2. The Morgan fingerprint density at radius 2 is 1.67 bits per heavy atom. The number of amides is 1. The van der Waals surface area contributed by atoms with Gasteiger partial charge in [-0.3, -0.25) is 4.79 Å². The smallest absolute Gasteiger partial charge is 0.255 e. The van der Waals surface area contributed by atoms with Crippen LogP contribution in [0.4, 0.5) is 18.9 Å². The third kappa shape index (κ3) is 4.42. The summed E-state index contributed by atoms with van der Waals surface area (Å²) < 4.78 is 79.9. The number of nitrogens with one attached hydrogen (secondary N) is 1. The summed E-state index contributed by atoms with van der Waals surface area (Å²) in [4.78, 5) is 12.6. The Morgan fingerprint density at radius 3 is 2.22 bits per heavy atom. The van der Waals surface area contributed by atoms with E-state index in [0.717, 1.165) is 12.8 Å². The fourth-order valence-electron chi connectivity index (χ4n) is 6.05. The zero-order chi connectivity index (χ0) is 26.0. The maximum Gasteiger partial charge on any atom is 0.255 e. The highest BCUT2D eigenvalue weighted by atomic mass is 35.5. The fraction of sp³-hybridized carbons (Fsp3) is 0.480. The molecule has 194 valence electrons. The molecule has 2 saturated carbocycles. The van der Waals surface area contributed by atoms with Crippen molar-refractivity contribution in [3.05, 3.63) is 58.4 Å². The first-order valence-electron chi connectivity index (χ1n) is 11.6. The Balaban J connectivity index is 1.41. The van der Waals surface area contributed by atoms with E-state index < -0.39 is 49.8 Å². The molecule has 1 N–H and O–H groups in total. The summed E-state index contributed by atoms with van der Waals surface area (Å²) in [6.07, 6.45) is 2.58. The van der Waals surface area contributed by atoms with Gasteiger partial charge < -0.3 is 14.8 Å². The van der Waals surface area contributed by atoms with Crippen molar-refractivity contribution in [1.82, 2.24) is 0 Å². The summed E-state index contributed by atoms with van der Waals surface area (Å²) >= 11 is 6.30. The van der Waals surface area contributed by atoms with Crippen LogP contribution in [-0.4, -0.2) is 37.6 Å². The van der Waals surface area contributed by atoms with Crippen molar-refractivity contribution in [3.8, 4) is 0 Å². The van der Waals surface area contributed by atoms with E-state index in [1.54, 1.807) is 0 Å². The van der Waals surface area contributed by atoms with Crippen LogP contribution in [0.5, 0.6) is 0 Å². The normalized spacial score (nSPS) is 29.0. The van der Waals surface area contributed by atoms with Crippen molar-refractivity contribution >= 4 is 33.0 Å². The number of fused-ring (bicyclic) bond motifs is 2. The van der Waals surface area contributed by atoms with Gasteiger partial charge in [-0.2, -0.15) is 0 Å². The molecule has 0 aromatic heterocycles. The predicted molar refractivity (Wildman–Crippen MR) is 126 cm³/mol. The highest BCUT2D eigenvalue weighted by Gasteiger charge is 2.58. The first-order valence-corrected chi connectivity index (χ1v) is 13.6. The minimum absolute atomic E-state index is 0.0216. The van der Waals surface area contributed by atoms with E-state index in [-0.39, 0.29) is 33.0 Å². The van der Waals surface area contributed by atoms with E-state index in [4.69, 9.17) is 21.1 Å². The number of ether oxygens (including phenoxy) is 2. The molecule has 1 amide bonds. The molecule has 3 fully saturated rings. The summed E-state index contributed by atoms with van der Waals surface area (Å²) in [5, 5.41) is 1.57. The number of halogens is 4. The van der Waals surface area contributed by atoms with Gasteiger partial charge in [0.05, 0.1) is 27.4 Å². The van der Waals surface area contributed by atoms with Gasteiger partial charge in [0, 0.05) is 23.4 Å². The minimum atomic E-state index is -3.93. The van der Waals surface area contributed by atoms with E-state index in [2.05, 4.69) is 5.32 Å². The molecule has 1 saturated heterocycles. The van der Waals surface area contributed by atoms with Crippen LogP contribution in [0.15, 0.2) is 35.2 Å². The molecule has 2 aromatic rings. The Kier molecular flexibility index (Phi) is 6.18. The SMILES string of the molecule is CC1(C)OC[C@]2(CC3CCC(C2)[C@@H]3S(=O)(=O)c2cc(C(=O)Nc3cc(F)c(F)c(F)c3)ccc2Cl)O1. The highest BCUT2D eigenvalue weighted by Crippen LogP contribution is 2.55. The molecule has 2 aliphatic carbocycles. The molecule has 6 nitrogen and oxygen atoms in total. The molecule has 5 rings (SSSR count). The standard InChI is InChI=1S/C25H25ClF3NO5S/c1-24(2)34-12-25(35-24)10-14-3-4-15(11-25)22(14)36(32,33)20-7-13(5-6-17(20)26)23(31)30-16-8-18(27)21(29)19(28)9-16/h5-9,14-15,22H,3-4,10-12H2,1-2H3,(H,30,31)/t14?,15?,22-,25-. The Hall–Kier alpha value is -2.14. The van der Waals surface area contributed by atoms with Crippen molar-refractivity contribution < 1.29 is 35.9 Å². The average molecular weight is 544 g/mol. The van der Waals surface area contributed by atoms with Gasteiger partial charge in [0.1, 0.15) is 0 Å². The monoisotopic (exact) mass is 543 g/mol. The first kappa shape index (κ1) is 25.5. The van der Waals surface area contributed by atoms with Crippen LogP contribution >= 0.6 is 11.6 Å². The molecule has 2 aromatic carbocycles. The molecule has 3 aliphatic rings. The number of anilines is 1. The third-order valence-corrected chi connectivity index (χ3v) is 10.2. The van der Waals surface area contributed by atoms with Crippen molar-refractivity contribution in [3.63, 3.8) is 0 Å². The Bertz CT molecular complexity index is 1310. The van der Waals surface area contributed by atoms with Crippen molar-refractivity contribution in [2.75, 3.05) is 11.9 Å². The molecule has 1 aliphatic heterocycles.